The van der Waals surface area contributed by atoms with Crippen LogP contribution < -0.4 is 11.3 Å². The lowest BCUT2D eigenvalue weighted by molar-refractivity contribution is 0.0946. The molecule has 0 radical (unpaired) electrons. The van der Waals surface area contributed by atoms with Gasteiger partial charge in [-0.3, -0.25) is 10.2 Å². The van der Waals surface area contributed by atoms with Crippen molar-refractivity contribution in [2.24, 2.45) is 5.84 Å². The van der Waals surface area contributed by atoms with Crippen molar-refractivity contribution in [3.8, 4) is 0 Å². The number of rotatable bonds is 6. The number of thiazole rings is 1. The van der Waals surface area contributed by atoms with E-state index in [1.807, 2.05) is 23.9 Å². The molecule has 2 aromatic rings. The number of nitrogens with one attached hydrogen (secondary N) is 1. The van der Waals surface area contributed by atoms with Gasteiger partial charge < -0.3 is 4.74 Å². The molecule has 2 rings (SSSR count). The molecule has 102 valence electrons. The first-order valence-corrected chi connectivity index (χ1v) is 7.52. The molecule has 0 spiro atoms. The van der Waals surface area contributed by atoms with Crippen LogP contribution >= 0.6 is 22.7 Å². The maximum Gasteiger partial charge on any atom is 0.275 e. The molecule has 0 unspecified atom stereocenters. The van der Waals surface area contributed by atoms with Crippen molar-refractivity contribution in [1.29, 1.82) is 0 Å². The molecule has 5 nitrogen and oxygen atoms in total. The van der Waals surface area contributed by atoms with Gasteiger partial charge in [-0.05, 0) is 18.4 Å². The number of hydrogen-bond acceptors (Lipinski definition) is 6. The number of aromatic nitrogens is 1. The number of nitrogens with zero attached hydrogens (tertiary/aromatic N) is 1. The smallest absolute Gasteiger partial charge is 0.275 e. The Hall–Kier alpha value is -1.28. The van der Waals surface area contributed by atoms with E-state index in [-0.39, 0.29) is 5.91 Å². The van der Waals surface area contributed by atoms with Crippen LogP contribution in [-0.2, 0) is 17.8 Å². The quantitative estimate of drug-likeness (QED) is 0.369. The minimum Gasteiger partial charge on any atom is -0.376 e. The first-order valence-electron chi connectivity index (χ1n) is 5.76. The van der Waals surface area contributed by atoms with Crippen LogP contribution in [0.1, 0.15) is 25.8 Å². The zero-order chi connectivity index (χ0) is 13.7. The van der Waals surface area contributed by atoms with Crippen molar-refractivity contribution in [2.75, 3.05) is 6.61 Å². The molecule has 19 heavy (non-hydrogen) atoms. The second-order valence-electron chi connectivity index (χ2n) is 3.91. The first kappa shape index (κ1) is 14.1. The summed E-state index contributed by atoms with van der Waals surface area (Å²) in [4.78, 5) is 17.5. The predicted octanol–water partition coefficient (Wildman–Crippen LogP) is 1.88. The average molecular weight is 297 g/mol. The summed E-state index contributed by atoms with van der Waals surface area (Å²) >= 11 is 3.00. The van der Waals surface area contributed by atoms with E-state index in [1.54, 1.807) is 11.3 Å². The fourth-order valence-electron chi connectivity index (χ4n) is 1.63. The fourth-order valence-corrected chi connectivity index (χ4v) is 3.20. The molecule has 7 heteroatoms. The monoisotopic (exact) mass is 297 g/mol. The summed E-state index contributed by atoms with van der Waals surface area (Å²) in [6.45, 7) is 3.03. The molecule has 3 N–H and O–H groups in total. The summed E-state index contributed by atoms with van der Waals surface area (Å²) in [6.07, 6.45) is 0.846. The number of carbonyl (C=O) groups excluding carboxylic acids is 1. The Kier molecular flexibility index (Phi) is 5.03. The van der Waals surface area contributed by atoms with Gasteiger partial charge in [-0.1, -0.05) is 0 Å². The Labute approximate surface area is 119 Å². The molecule has 0 fully saturated rings. The molecule has 0 aliphatic carbocycles. The Balaban J connectivity index is 1.82. The first-order chi connectivity index (χ1) is 9.22. The Morgan fingerprint density at radius 1 is 1.53 bits per heavy atom. The maximum atomic E-state index is 11.5. The van der Waals surface area contributed by atoms with E-state index in [2.05, 4.69) is 10.4 Å². The second kappa shape index (κ2) is 6.76. The Bertz CT molecular complexity index is 551. The average Bonchev–Trinajstić information content (AvgIpc) is 3.03. The van der Waals surface area contributed by atoms with E-state index in [0.717, 1.165) is 17.7 Å². The number of aryl methyl sites for hydroxylation is 1. The Morgan fingerprint density at radius 2 is 2.37 bits per heavy atom. The topological polar surface area (TPSA) is 77.2 Å². The third-order valence-corrected chi connectivity index (χ3v) is 4.61. The number of amides is 1. The highest BCUT2D eigenvalue weighted by Gasteiger charge is 2.11. The van der Waals surface area contributed by atoms with Crippen molar-refractivity contribution in [3.63, 3.8) is 0 Å². The molecular weight excluding hydrogens is 282 g/mol. The van der Waals surface area contributed by atoms with Crippen LogP contribution in [0.4, 0.5) is 0 Å². The lowest BCUT2D eigenvalue weighted by atomic mass is 10.2. The van der Waals surface area contributed by atoms with Crippen LogP contribution in [-0.4, -0.2) is 17.5 Å². The number of nitrogen functional groups attached to an aromatic ring is 1. The van der Waals surface area contributed by atoms with Crippen molar-refractivity contribution < 1.29 is 9.53 Å². The van der Waals surface area contributed by atoms with Gasteiger partial charge >= 0.3 is 0 Å². The van der Waals surface area contributed by atoms with E-state index in [1.165, 1.54) is 16.2 Å². The van der Waals surface area contributed by atoms with Crippen LogP contribution in [0.3, 0.4) is 0 Å². The SMILES string of the molecule is Cc1ncsc1CCOCc1ccsc1C(=O)NN. The third-order valence-electron chi connectivity index (χ3n) is 2.66. The summed E-state index contributed by atoms with van der Waals surface area (Å²) < 4.78 is 5.61. The van der Waals surface area contributed by atoms with Gasteiger partial charge in [0, 0.05) is 16.9 Å². The molecule has 2 heterocycles. The molecular formula is C12H15N3O2S2. The molecule has 0 aliphatic heterocycles. The van der Waals surface area contributed by atoms with E-state index < -0.39 is 0 Å². The summed E-state index contributed by atoms with van der Waals surface area (Å²) in [6, 6.07) is 1.88. The van der Waals surface area contributed by atoms with E-state index in [4.69, 9.17) is 10.6 Å². The molecule has 0 saturated carbocycles. The molecule has 0 atom stereocenters. The van der Waals surface area contributed by atoms with Gasteiger partial charge in [0.05, 0.1) is 29.3 Å². The summed E-state index contributed by atoms with van der Waals surface area (Å²) in [5.74, 6) is 4.86. The highest BCUT2D eigenvalue weighted by atomic mass is 32.1. The highest BCUT2D eigenvalue weighted by Crippen LogP contribution is 2.18. The van der Waals surface area contributed by atoms with Crippen LogP contribution in [0, 0.1) is 6.92 Å². The highest BCUT2D eigenvalue weighted by molar-refractivity contribution is 7.12. The van der Waals surface area contributed by atoms with Crippen molar-refractivity contribution >= 4 is 28.6 Å². The molecule has 0 bridgehead atoms. The number of nitrogens with two attached hydrogens (primary N) is 1. The fraction of sp³-hybridized carbons (Fsp3) is 0.333. The minimum absolute atomic E-state index is 0.271. The maximum absolute atomic E-state index is 11.5. The predicted molar refractivity (Wildman–Crippen MR) is 76.2 cm³/mol. The van der Waals surface area contributed by atoms with Crippen molar-refractivity contribution in [1.82, 2.24) is 10.4 Å². The van der Waals surface area contributed by atoms with E-state index >= 15 is 0 Å². The third kappa shape index (κ3) is 3.60. The van der Waals surface area contributed by atoms with Gasteiger partial charge in [-0.2, -0.15) is 0 Å². The van der Waals surface area contributed by atoms with E-state index in [9.17, 15) is 4.79 Å². The lowest BCUT2D eigenvalue weighted by Gasteiger charge is -2.04. The van der Waals surface area contributed by atoms with Crippen LogP contribution in [0.25, 0.3) is 0 Å². The van der Waals surface area contributed by atoms with Gasteiger partial charge in [0.15, 0.2) is 0 Å². The van der Waals surface area contributed by atoms with Crippen molar-refractivity contribution in [2.45, 2.75) is 20.0 Å². The molecule has 2 aromatic heterocycles. The molecule has 0 aliphatic rings. The second-order valence-corrected chi connectivity index (χ2v) is 5.77. The van der Waals surface area contributed by atoms with Gasteiger partial charge in [-0.15, -0.1) is 22.7 Å². The zero-order valence-electron chi connectivity index (χ0n) is 10.5. The lowest BCUT2D eigenvalue weighted by Crippen LogP contribution is -2.30. The number of thiophene rings is 1. The molecule has 1 amide bonds. The normalized spacial score (nSPS) is 10.6. The molecule has 0 saturated heterocycles. The standard InChI is InChI=1S/C12H15N3O2S2/c1-8-10(19-7-14-8)2-4-17-6-9-3-5-18-11(9)12(16)15-13/h3,5,7H,2,4,6,13H2,1H3,(H,15,16). The van der Waals surface area contributed by atoms with E-state index in [0.29, 0.717) is 18.1 Å². The van der Waals surface area contributed by atoms with Gasteiger partial charge in [-0.25, -0.2) is 10.8 Å². The van der Waals surface area contributed by atoms with Gasteiger partial charge in [0.1, 0.15) is 0 Å². The number of carbonyl (C=O) groups is 1. The number of ether oxygens (including phenoxy) is 1. The zero-order valence-corrected chi connectivity index (χ0v) is 12.1. The largest absolute Gasteiger partial charge is 0.376 e. The van der Waals surface area contributed by atoms with Crippen LogP contribution in [0.5, 0.6) is 0 Å². The molecule has 0 aromatic carbocycles. The Morgan fingerprint density at radius 3 is 3.05 bits per heavy atom. The van der Waals surface area contributed by atoms with Crippen LogP contribution in [0.2, 0.25) is 0 Å². The van der Waals surface area contributed by atoms with Gasteiger partial charge in [0.2, 0.25) is 0 Å². The minimum atomic E-state index is -0.271. The summed E-state index contributed by atoms with van der Waals surface area (Å²) in [5.41, 5.74) is 5.91. The number of hydrazine groups is 1. The summed E-state index contributed by atoms with van der Waals surface area (Å²) in [7, 11) is 0. The number of hydrogen-bond donors (Lipinski definition) is 2. The van der Waals surface area contributed by atoms with Crippen LogP contribution in [0.15, 0.2) is 17.0 Å². The van der Waals surface area contributed by atoms with Gasteiger partial charge in [0.25, 0.3) is 5.91 Å². The summed E-state index contributed by atoms with van der Waals surface area (Å²) in [5, 5.41) is 1.86. The van der Waals surface area contributed by atoms with Crippen molar-refractivity contribution in [3.05, 3.63) is 38.0 Å².